The van der Waals surface area contributed by atoms with Gasteiger partial charge < -0.3 is 20.6 Å². The molecule has 6 heteroatoms. The molecule has 6 nitrogen and oxygen atoms in total. The van der Waals surface area contributed by atoms with Crippen LogP contribution in [0.4, 0.5) is 0 Å². The number of hydrogen-bond acceptors (Lipinski definition) is 4. The summed E-state index contributed by atoms with van der Waals surface area (Å²) in [6.07, 6.45) is 5.52. The first-order chi connectivity index (χ1) is 16.8. The number of H-pyrrole nitrogens is 2. The van der Waals surface area contributed by atoms with Crippen molar-refractivity contribution in [2.75, 3.05) is 13.1 Å². The number of aryl methyl sites for hydroxylation is 2. The minimum absolute atomic E-state index is 0.370. The Labute approximate surface area is 200 Å². The van der Waals surface area contributed by atoms with E-state index in [0.29, 0.717) is 6.04 Å². The van der Waals surface area contributed by atoms with Gasteiger partial charge in [-0.1, -0.05) is 24.8 Å². The monoisotopic (exact) mass is 450 g/mol. The first kappa shape index (κ1) is 21.2. The number of imidazole rings is 2. The first-order valence-electron chi connectivity index (χ1n) is 12.4. The molecule has 1 atom stereocenters. The number of benzene rings is 2. The predicted octanol–water partition coefficient (Wildman–Crippen LogP) is 4.38. The molecule has 0 unspecified atom stereocenters. The second-order valence-corrected chi connectivity index (χ2v) is 9.31. The fraction of sp³-hybridized carbons (Fsp3) is 0.357. The van der Waals surface area contributed by atoms with E-state index in [-0.39, 0.29) is 0 Å². The molecule has 1 aliphatic carbocycles. The number of hydrogen-bond donors (Lipinski definition) is 4. The van der Waals surface area contributed by atoms with E-state index in [1.807, 2.05) is 12.1 Å². The molecule has 6 rings (SSSR count). The average Bonchev–Trinajstić information content (AvgIpc) is 3.61. The van der Waals surface area contributed by atoms with Crippen molar-refractivity contribution < 1.29 is 0 Å². The van der Waals surface area contributed by atoms with Crippen molar-refractivity contribution in [2.24, 2.45) is 0 Å². The van der Waals surface area contributed by atoms with Crippen LogP contribution in [0.3, 0.4) is 0 Å². The van der Waals surface area contributed by atoms with Crippen LogP contribution in [0.2, 0.25) is 0 Å². The highest BCUT2D eigenvalue weighted by Gasteiger charge is 2.25. The molecule has 2 aromatic heterocycles. The SMILES string of the molecule is CCCNCc1nc2ccc(C#Cc3ccc4c(c3)CCc3[nH]c([C@@H]5CCCN5)nc3-4)cc2[nH]1. The Bertz CT molecular complexity index is 1390. The number of aromatic nitrogens is 4. The molecular weight excluding hydrogens is 420 g/mol. The van der Waals surface area contributed by atoms with Gasteiger partial charge in [0.2, 0.25) is 0 Å². The highest BCUT2D eigenvalue weighted by molar-refractivity contribution is 5.77. The van der Waals surface area contributed by atoms with Gasteiger partial charge in [-0.25, -0.2) is 9.97 Å². The van der Waals surface area contributed by atoms with Gasteiger partial charge in [-0.3, -0.25) is 0 Å². The van der Waals surface area contributed by atoms with Crippen LogP contribution in [-0.2, 0) is 19.4 Å². The number of nitrogens with zero attached hydrogens (tertiary/aromatic N) is 2. The van der Waals surface area contributed by atoms with Crippen molar-refractivity contribution >= 4 is 11.0 Å². The van der Waals surface area contributed by atoms with Crippen molar-refractivity contribution in [3.8, 4) is 23.1 Å². The van der Waals surface area contributed by atoms with E-state index in [2.05, 4.69) is 68.6 Å². The molecule has 1 saturated heterocycles. The zero-order valence-corrected chi connectivity index (χ0v) is 19.6. The van der Waals surface area contributed by atoms with Gasteiger partial charge in [0.05, 0.1) is 29.3 Å². The molecule has 0 saturated carbocycles. The van der Waals surface area contributed by atoms with E-state index in [1.54, 1.807) is 0 Å². The van der Waals surface area contributed by atoms with Crippen molar-refractivity contribution in [2.45, 2.75) is 51.6 Å². The Kier molecular flexibility index (Phi) is 5.66. The van der Waals surface area contributed by atoms with Crippen LogP contribution in [0, 0.1) is 11.8 Å². The lowest BCUT2D eigenvalue weighted by atomic mass is 9.91. The van der Waals surface area contributed by atoms with Gasteiger partial charge >= 0.3 is 0 Å². The second kappa shape index (κ2) is 9.09. The number of fused-ring (bicyclic) bond motifs is 4. The Hall–Kier alpha value is -3.40. The summed E-state index contributed by atoms with van der Waals surface area (Å²) in [7, 11) is 0. The molecule has 0 radical (unpaired) electrons. The van der Waals surface area contributed by atoms with Gasteiger partial charge in [0, 0.05) is 22.4 Å². The molecule has 2 aliphatic rings. The second-order valence-electron chi connectivity index (χ2n) is 9.31. The van der Waals surface area contributed by atoms with Gasteiger partial charge in [0.25, 0.3) is 0 Å². The van der Waals surface area contributed by atoms with Crippen LogP contribution in [-0.4, -0.2) is 33.0 Å². The van der Waals surface area contributed by atoms with Crippen molar-refractivity contribution in [1.82, 2.24) is 30.6 Å². The number of aromatic amines is 2. The zero-order valence-electron chi connectivity index (χ0n) is 19.6. The molecule has 34 heavy (non-hydrogen) atoms. The van der Waals surface area contributed by atoms with Crippen LogP contribution in [0.1, 0.15) is 66.3 Å². The molecule has 4 N–H and O–H groups in total. The van der Waals surface area contributed by atoms with E-state index >= 15 is 0 Å². The van der Waals surface area contributed by atoms with E-state index in [0.717, 1.165) is 84.8 Å². The highest BCUT2D eigenvalue weighted by Crippen LogP contribution is 2.34. The summed E-state index contributed by atoms with van der Waals surface area (Å²) < 4.78 is 0. The number of rotatable bonds is 5. The third-order valence-electron chi connectivity index (χ3n) is 6.79. The lowest BCUT2D eigenvalue weighted by Gasteiger charge is -2.15. The van der Waals surface area contributed by atoms with Crippen LogP contribution < -0.4 is 10.6 Å². The standard InChI is InChI=1S/C28H30N6/c1-2-13-29-17-26-31-22-11-8-19(16-25(22)32-26)6-5-18-7-10-21-20(15-18)9-12-23-27(21)34-28(33-23)24-4-3-14-30-24/h7-8,10-11,15-16,24,29-30H,2-4,9,12-14,17H2,1H3,(H,31,32)(H,33,34)/t24-/m0/s1. The topological polar surface area (TPSA) is 81.4 Å². The van der Waals surface area contributed by atoms with Crippen LogP contribution in [0.15, 0.2) is 36.4 Å². The Morgan fingerprint density at radius 3 is 2.76 bits per heavy atom. The molecule has 1 fully saturated rings. The maximum atomic E-state index is 4.98. The van der Waals surface area contributed by atoms with Crippen molar-refractivity contribution in [1.29, 1.82) is 0 Å². The Balaban J connectivity index is 1.22. The van der Waals surface area contributed by atoms with Gasteiger partial charge in [-0.05, 0) is 81.1 Å². The van der Waals surface area contributed by atoms with E-state index < -0.39 is 0 Å². The summed E-state index contributed by atoms with van der Waals surface area (Å²) in [6, 6.07) is 13.1. The van der Waals surface area contributed by atoms with E-state index in [1.165, 1.54) is 23.2 Å². The maximum Gasteiger partial charge on any atom is 0.124 e. The van der Waals surface area contributed by atoms with Gasteiger partial charge in [0.15, 0.2) is 0 Å². The molecule has 172 valence electrons. The smallest absolute Gasteiger partial charge is 0.124 e. The maximum absolute atomic E-state index is 4.98. The number of nitrogens with one attached hydrogen (secondary N) is 4. The molecule has 0 amide bonds. The minimum atomic E-state index is 0.370. The van der Waals surface area contributed by atoms with Crippen molar-refractivity contribution in [3.63, 3.8) is 0 Å². The zero-order chi connectivity index (χ0) is 22.9. The Morgan fingerprint density at radius 2 is 1.91 bits per heavy atom. The van der Waals surface area contributed by atoms with Gasteiger partial charge in [-0.2, -0.15) is 0 Å². The van der Waals surface area contributed by atoms with Crippen LogP contribution in [0.5, 0.6) is 0 Å². The molecule has 0 bridgehead atoms. The van der Waals surface area contributed by atoms with E-state index in [9.17, 15) is 0 Å². The lowest BCUT2D eigenvalue weighted by molar-refractivity contribution is 0.611. The van der Waals surface area contributed by atoms with E-state index in [4.69, 9.17) is 4.98 Å². The molecular formula is C28H30N6. The largest absolute Gasteiger partial charge is 0.344 e. The molecule has 1 aliphatic heterocycles. The first-order valence-corrected chi connectivity index (χ1v) is 12.4. The minimum Gasteiger partial charge on any atom is -0.344 e. The average molecular weight is 451 g/mol. The third-order valence-corrected chi connectivity index (χ3v) is 6.79. The third kappa shape index (κ3) is 4.13. The molecule has 2 aromatic carbocycles. The Morgan fingerprint density at radius 1 is 1.03 bits per heavy atom. The van der Waals surface area contributed by atoms with Crippen LogP contribution >= 0.6 is 0 Å². The summed E-state index contributed by atoms with van der Waals surface area (Å²) in [6.45, 7) is 5.00. The summed E-state index contributed by atoms with van der Waals surface area (Å²) in [4.78, 5) is 16.6. The predicted molar refractivity (Wildman–Crippen MR) is 135 cm³/mol. The molecule has 4 aromatic rings. The van der Waals surface area contributed by atoms with Gasteiger partial charge in [0.1, 0.15) is 11.6 Å². The van der Waals surface area contributed by atoms with Crippen molar-refractivity contribution in [3.05, 3.63) is 70.4 Å². The fourth-order valence-corrected chi connectivity index (χ4v) is 5.04. The highest BCUT2D eigenvalue weighted by atomic mass is 15.0. The summed E-state index contributed by atoms with van der Waals surface area (Å²) in [5.74, 6) is 8.76. The molecule has 0 spiro atoms. The summed E-state index contributed by atoms with van der Waals surface area (Å²) >= 11 is 0. The summed E-state index contributed by atoms with van der Waals surface area (Å²) in [5.41, 5.74) is 9.03. The normalized spacial score (nSPS) is 16.8. The molecule has 3 heterocycles. The van der Waals surface area contributed by atoms with Gasteiger partial charge in [-0.15, -0.1) is 0 Å². The quantitative estimate of drug-likeness (QED) is 0.269. The fourth-order valence-electron chi connectivity index (χ4n) is 5.04. The summed E-state index contributed by atoms with van der Waals surface area (Å²) in [5, 5.41) is 6.94. The lowest BCUT2D eigenvalue weighted by Crippen LogP contribution is -2.14. The van der Waals surface area contributed by atoms with Crippen LogP contribution in [0.25, 0.3) is 22.3 Å².